The van der Waals surface area contributed by atoms with Crippen molar-refractivity contribution in [3.63, 3.8) is 0 Å². The van der Waals surface area contributed by atoms with Crippen LogP contribution < -0.4 is 4.74 Å². The molecule has 0 bridgehead atoms. The molecular weight excluding hydrogens is 280 g/mol. The van der Waals surface area contributed by atoms with E-state index in [0.717, 1.165) is 5.75 Å². The molecule has 0 aliphatic carbocycles. The molecule has 0 aliphatic rings. The first-order valence-corrected chi connectivity index (χ1v) is 6.11. The van der Waals surface area contributed by atoms with Crippen molar-refractivity contribution in [2.24, 2.45) is 4.99 Å². The van der Waals surface area contributed by atoms with E-state index in [1.165, 1.54) is 12.1 Å². The van der Waals surface area contributed by atoms with E-state index in [1.807, 2.05) is 0 Å². The van der Waals surface area contributed by atoms with E-state index < -0.39 is 4.92 Å². The van der Waals surface area contributed by atoms with Crippen molar-refractivity contribution in [1.82, 2.24) is 0 Å². The topological polar surface area (TPSA) is 64.7 Å². The van der Waals surface area contributed by atoms with Gasteiger partial charge in [-0.3, -0.25) is 10.1 Å². The summed E-state index contributed by atoms with van der Waals surface area (Å²) in [7, 11) is 1.59. The Bertz CT molecular complexity index is 636. The molecule has 2 aromatic rings. The van der Waals surface area contributed by atoms with Gasteiger partial charge in [-0.25, -0.2) is 4.99 Å². The minimum Gasteiger partial charge on any atom is -0.497 e. The van der Waals surface area contributed by atoms with Gasteiger partial charge < -0.3 is 4.74 Å². The second kappa shape index (κ2) is 6.16. The summed E-state index contributed by atoms with van der Waals surface area (Å²) in [6, 6.07) is 13.0. The first kappa shape index (κ1) is 14.0. The van der Waals surface area contributed by atoms with E-state index in [1.54, 1.807) is 43.5 Å². The molecule has 0 amide bonds. The van der Waals surface area contributed by atoms with Crippen LogP contribution in [0.2, 0.25) is 0 Å². The Morgan fingerprint density at radius 3 is 2.25 bits per heavy atom. The molecule has 5 nitrogen and oxygen atoms in total. The zero-order chi connectivity index (χ0) is 14.5. The van der Waals surface area contributed by atoms with Gasteiger partial charge >= 0.3 is 0 Å². The zero-order valence-corrected chi connectivity index (χ0v) is 11.4. The predicted molar refractivity (Wildman–Crippen MR) is 78.1 cm³/mol. The van der Waals surface area contributed by atoms with E-state index in [-0.39, 0.29) is 10.9 Å². The highest BCUT2D eigenvalue weighted by Crippen LogP contribution is 2.21. The molecule has 0 heterocycles. The fourth-order valence-corrected chi connectivity index (χ4v) is 1.78. The molecule has 20 heavy (non-hydrogen) atoms. The molecule has 0 radical (unpaired) electrons. The number of aliphatic imine (C=N–C) groups is 1. The number of nitro groups is 1. The minimum atomic E-state index is -0.460. The molecule has 0 saturated carbocycles. The Hall–Kier alpha value is -2.40. The molecule has 0 aliphatic heterocycles. The summed E-state index contributed by atoms with van der Waals surface area (Å²) in [6.45, 7) is 0. The zero-order valence-electron chi connectivity index (χ0n) is 10.6. The fraction of sp³-hybridized carbons (Fsp3) is 0.0714. The van der Waals surface area contributed by atoms with E-state index in [9.17, 15) is 10.1 Å². The van der Waals surface area contributed by atoms with Crippen LogP contribution >= 0.6 is 11.6 Å². The number of hydrogen-bond acceptors (Lipinski definition) is 4. The van der Waals surface area contributed by atoms with Crippen molar-refractivity contribution >= 4 is 28.1 Å². The number of hydrogen-bond donors (Lipinski definition) is 0. The van der Waals surface area contributed by atoms with Crippen LogP contribution in [0.3, 0.4) is 0 Å². The molecule has 2 aromatic carbocycles. The average molecular weight is 291 g/mol. The maximum absolute atomic E-state index is 10.6. The maximum atomic E-state index is 10.6. The molecule has 0 fully saturated rings. The van der Waals surface area contributed by atoms with Crippen molar-refractivity contribution in [3.05, 3.63) is 64.2 Å². The van der Waals surface area contributed by atoms with Gasteiger partial charge in [-0.15, -0.1) is 0 Å². The third-order valence-corrected chi connectivity index (χ3v) is 2.92. The molecule has 0 aromatic heterocycles. The van der Waals surface area contributed by atoms with Crippen LogP contribution in [0.4, 0.5) is 11.4 Å². The van der Waals surface area contributed by atoms with Crippen LogP contribution in [0.15, 0.2) is 53.5 Å². The van der Waals surface area contributed by atoms with Gasteiger partial charge in [0.25, 0.3) is 5.69 Å². The Morgan fingerprint density at radius 2 is 1.75 bits per heavy atom. The third-order valence-electron chi connectivity index (χ3n) is 2.62. The van der Waals surface area contributed by atoms with Crippen LogP contribution in [-0.2, 0) is 0 Å². The maximum Gasteiger partial charge on any atom is 0.269 e. The quantitative estimate of drug-likeness (QED) is 0.487. The number of rotatable bonds is 4. The summed E-state index contributed by atoms with van der Waals surface area (Å²) in [6.07, 6.45) is 0. The van der Waals surface area contributed by atoms with Crippen LogP contribution in [-0.4, -0.2) is 17.2 Å². The molecule has 0 unspecified atom stereocenters. The Balaban J connectivity index is 2.22. The van der Waals surface area contributed by atoms with E-state index >= 15 is 0 Å². The predicted octanol–water partition coefficient (Wildman–Crippen LogP) is 3.92. The number of halogens is 1. The molecule has 0 saturated heterocycles. The van der Waals surface area contributed by atoms with Gasteiger partial charge in [0.1, 0.15) is 10.9 Å². The van der Waals surface area contributed by atoms with Crippen molar-refractivity contribution in [2.75, 3.05) is 7.11 Å². The number of methoxy groups -OCH3 is 1. The molecular formula is C14H11ClN2O3. The number of non-ortho nitro benzene ring substituents is 1. The number of nitro benzene ring substituents is 1. The van der Waals surface area contributed by atoms with Gasteiger partial charge in [0.05, 0.1) is 17.7 Å². The lowest BCUT2D eigenvalue weighted by atomic mass is 10.2. The SMILES string of the molecule is COc1ccc(N=C(Cl)c2ccc([N+](=O)[O-])cc2)cc1. The second-order valence-corrected chi connectivity index (χ2v) is 4.26. The normalized spacial score (nSPS) is 11.2. The standard InChI is InChI=1S/C14H11ClN2O3/c1-20-13-8-4-11(5-9-13)16-14(15)10-2-6-12(7-3-10)17(18)19/h2-9H,1H3. The van der Waals surface area contributed by atoms with Gasteiger partial charge in [-0.05, 0) is 36.4 Å². The first-order chi connectivity index (χ1) is 9.60. The second-order valence-electron chi connectivity index (χ2n) is 3.90. The molecule has 6 heteroatoms. The average Bonchev–Trinajstić information content (AvgIpc) is 2.48. The summed E-state index contributed by atoms with van der Waals surface area (Å²) in [5, 5.41) is 10.8. The Morgan fingerprint density at radius 1 is 1.15 bits per heavy atom. The lowest BCUT2D eigenvalue weighted by Gasteiger charge is -2.01. The number of ether oxygens (including phenoxy) is 1. The highest BCUT2D eigenvalue weighted by atomic mass is 35.5. The largest absolute Gasteiger partial charge is 0.497 e. The highest BCUT2D eigenvalue weighted by Gasteiger charge is 2.06. The fourth-order valence-electron chi connectivity index (χ4n) is 1.56. The summed E-state index contributed by atoms with van der Waals surface area (Å²) in [5.41, 5.74) is 1.31. The van der Waals surface area contributed by atoms with E-state index in [2.05, 4.69) is 4.99 Å². The monoisotopic (exact) mass is 290 g/mol. The van der Waals surface area contributed by atoms with Gasteiger partial charge in [0.15, 0.2) is 0 Å². The van der Waals surface area contributed by atoms with Crippen LogP contribution in [0, 0.1) is 10.1 Å². The van der Waals surface area contributed by atoms with Crippen molar-refractivity contribution in [3.8, 4) is 5.75 Å². The lowest BCUT2D eigenvalue weighted by Crippen LogP contribution is -1.92. The molecule has 2 rings (SSSR count). The Kier molecular flexibility index (Phi) is 4.32. The van der Waals surface area contributed by atoms with Crippen molar-refractivity contribution < 1.29 is 9.66 Å². The van der Waals surface area contributed by atoms with E-state index in [4.69, 9.17) is 16.3 Å². The summed E-state index contributed by atoms with van der Waals surface area (Å²) in [4.78, 5) is 14.3. The van der Waals surface area contributed by atoms with Gasteiger partial charge in [-0.2, -0.15) is 0 Å². The minimum absolute atomic E-state index is 0.0164. The van der Waals surface area contributed by atoms with E-state index in [0.29, 0.717) is 11.3 Å². The molecule has 102 valence electrons. The first-order valence-electron chi connectivity index (χ1n) is 5.73. The van der Waals surface area contributed by atoms with Gasteiger partial charge in [0, 0.05) is 17.7 Å². The summed E-state index contributed by atoms with van der Waals surface area (Å²) in [5.74, 6) is 0.732. The van der Waals surface area contributed by atoms with Gasteiger partial charge in [0.2, 0.25) is 0 Å². The smallest absolute Gasteiger partial charge is 0.269 e. The van der Waals surface area contributed by atoms with Crippen LogP contribution in [0.25, 0.3) is 0 Å². The molecule has 0 N–H and O–H groups in total. The molecule has 0 spiro atoms. The molecule has 0 atom stereocenters. The van der Waals surface area contributed by atoms with Crippen LogP contribution in [0.5, 0.6) is 5.75 Å². The van der Waals surface area contributed by atoms with Crippen molar-refractivity contribution in [2.45, 2.75) is 0 Å². The summed E-state index contributed by atoms with van der Waals surface area (Å²) >= 11 is 6.10. The van der Waals surface area contributed by atoms with Gasteiger partial charge in [-0.1, -0.05) is 11.6 Å². The summed E-state index contributed by atoms with van der Waals surface area (Å²) < 4.78 is 5.05. The highest BCUT2D eigenvalue weighted by molar-refractivity contribution is 6.69. The number of nitrogens with zero attached hydrogens (tertiary/aromatic N) is 2. The lowest BCUT2D eigenvalue weighted by molar-refractivity contribution is -0.384. The Labute approximate surface area is 120 Å². The third kappa shape index (κ3) is 3.33. The van der Waals surface area contributed by atoms with Crippen molar-refractivity contribution in [1.29, 1.82) is 0 Å². The van der Waals surface area contributed by atoms with Crippen LogP contribution in [0.1, 0.15) is 5.56 Å². The number of benzene rings is 2.